The number of ether oxygens (including phenoxy) is 1. The van der Waals surface area contributed by atoms with Crippen molar-refractivity contribution in [1.29, 1.82) is 0 Å². The predicted octanol–water partition coefficient (Wildman–Crippen LogP) is 0.985. The number of β-amino-alcohol motifs (C(OH)–C–C–N with tert-alkyl or cyclic N) is 1. The van der Waals surface area contributed by atoms with E-state index in [1.54, 1.807) is 7.11 Å². The molecule has 0 radical (unpaired) electrons. The molecule has 0 aromatic heterocycles. The Morgan fingerprint density at radius 3 is 2.70 bits per heavy atom. The largest absolute Gasteiger partial charge is 0.497 e. The lowest BCUT2D eigenvalue weighted by molar-refractivity contribution is -0.123. The van der Waals surface area contributed by atoms with Gasteiger partial charge in [0.1, 0.15) is 5.75 Å². The molecular weight excluding hydrogens is 256 g/mol. The van der Waals surface area contributed by atoms with E-state index in [9.17, 15) is 9.90 Å². The fourth-order valence-corrected chi connectivity index (χ4v) is 2.45. The molecule has 0 spiro atoms. The second-order valence-electron chi connectivity index (χ2n) is 5.09. The number of hydrogen-bond donors (Lipinski definition) is 3. The van der Waals surface area contributed by atoms with Crippen molar-refractivity contribution in [2.24, 2.45) is 0 Å². The molecule has 1 heterocycles. The number of amides is 1. The highest BCUT2D eigenvalue weighted by atomic mass is 16.5. The van der Waals surface area contributed by atoms with Crippen LogP contribution in [0.15, 0.2) is 24.3 Å². The van der Waals surface area contributed by atoms with Crippen LogP contribution in [-0.2, 0) is 4.79 Å². The summed E-state index contributed by atoms with van der Waals surface area (Å²) in [5.41, 5.74) is 1.06. The molecule has 1 fully saturated rings. The van der Waals surface area contributed by atoms with E-state index < -0.39 is 6.10 Å². The number of carbonyl (C=O) groups excluding carboxylic acids is 1. The highest BCUT2D eigenvalue weighted by Gasteiger charge is 2.29. The zero-order valence-corrected chi connectivity index (χ0v) is 11.9. The second kappa shape index (κ2) is 6.72. The first-order valence-electron chi connectivity index (χ1n) is 6.99. The van der Waals surface area contributed by atoms with E-state index in [0.29, 0.717) is 13.0 Å². The topological polar surface area (TPSA) is 70.6 Å². The number of nitrogens with one attached hydrogen (secondary N) is 2. The van der Waals surface area contributed by atoms with Crippen molar-refractivity contribution in [3.63, 3.8) is 0 Å². The number of benzene rings is 1. The van der Waals surface area contributed by atoms with Crippen LogP contribution in [-0.4, -0.2) is 36.8 Å². The van der Waals surface area contributed by atoms with Gasteiger partial charge < -0.3 is 20.5 Å². The average molecular weight is 278 g/mol. The quantitative estimate of drug-likeness (QED) is 0.751. The third-order valence-electron chi connectivity index (χ3n) is 3.67. The van der Waals surface area contributed by atoms with E-state index in [4.69, 9.17) is 4.74 Å². The van der Waals surface area contributed by atoms with E-state index in [-0.39, 0.29) is 18.0 Å². The molecule has 1 aromatic carbocycles. The van der Waals surface area contributed by atoms with Gasteiger partial charge >= 0.3 is 0 Å². The van der Waals surface area contributed by atoms with Gasteiger partial charge in [0.25, 0.3) is 0 Å². The van der Waals surface area contributed by atoms with Crippen LogP contribution in [0, 0.1) is 0 Å². The minimum Gasteiger partial charge on any atom is -0.497 e. The lowest BCUT2D eigenvalue weighted by atomic mass is 10.0. The van der Waals surface area contributed by atoms with Crippen molar-refractivity contribution >= 4 is 5.91 Å². The van der Waals surface area contributed by atoms with Gasteiger partial charge in [-0.3, -0.25) is 4.79 Å². The summed E-state index contributed by atoms with van der Waals surface area (Å²) in [6.45, 7) is 2.52. The van der Waals surface area contributed by atoms with E-state index in [2.05, 4.69) is 10.6 Å². The van der Waals surface area contributed by atoms with Gasteiger partial charge in [-0.05, 0) is 30.5 Å². The minimum atomic E-state index is -0.424. The summed E-state index contributed by atoms with van der Waals surface area (Å²) in [4.78, 5) is 12.1. The van der Waals surface area contributed by atoms with Crippen molar-refractivity contribution in [2.45, 2.75) is 38.0 Å². The molecule has 1 aliphatic rings. The molecule has 5 nitrogen and oxygen atoms in total. The zero-order chi connectivity index (χ0) is 14.5. The maximum atomic E-state index is 12.1. The Bertz CT molecular complexity index is 447. The van der Waals surface area contributed by atoms with Gasteiger partial charge in [-0.1, -0.05) is 19.1 Å². The van der Waals surface area contributed by atoms with Crippen molar-refractivity contribution in [1.82, 2.24) is 10.6 Å². The third kappa shape index (κ3) is 3.49. The Labute approximate surface area is 119 Å². The summed E-state index contributed by atoms with van der Waals surface area (Å²) in [5, 5.41) is 15.5. The van der Waals surface area contributed by atoms with Crippen LogP contribution in [0.25, 0.3) is 0 Å². The Hall–Kier alpha value is -1.59. The summed E-state index contributed by atoms with van der Waals surface area (Å²) < 4.78 is 5.13. The normalized spacial score (nSPS) is 23.4. The lowest BCUT2D eigenvalue weighted by Crippen LogP contribution is -2.41. The maximum Gasteiger partial charge on any atom is 0.237 e. The first-order chi connectivity index (χ1) is 9.63. The SMILES string of the molecule is CCC(NC(=O)C1CC(O)CN1)c1ccc(OC)cc1. The van der Waals surface area contributed by atoms with Gasteiger partial charge in [-0.2, -0.15) is 0 Å². The van der Waals surface area contributed by atoms with Crippen molar-refractivity contribution < 1.29 is 14.6 Å². The summed E-state index contributed by atoms with van der Waals surface area (Å²) in [7, 11) is 1.63. The monoisotopic (exact) mass is 278 g/mol. The first-order valence-corrected chi connectivity index (χ1v) is 6.99. The van der Waals surface area contributed by atoms with Crippen LogP contribution in [0.5, 0.6) is 5.75 Å². The number of rotatable bonds is 5. The summed E-state index contributed by atoms with van der Waals surface area (Å²) in [5.74, 6) is 0.750. The van der Waals surface area contributed by atoms with Crippen LogP contribution in [0.2, 0.25) is 0 Å². The summed E-state index contributed by atoms with van der Waals surface area (Å²) in [6.07, 6.45) is 0.866. The fourth-order valence-electron chi connectivity index (χ4n) is 2.45. The van der Waals surface area contributed by atoms with Crippen molar-refractivity contribution in [3.8, 4) is 5.75 Å². The molecule has 0 bridgehead atoms. The Morgan fingerprint density at radius 1 is 1.50 bits per heavy atom. The Morgan fingerprint density at radius 2 is 2.20 bits per heavy atom. The minimum absolute atomic E-state index is 0.0204. The van der Waals surface area contributed by atoms with E-state index in [1.807, 2.05) is 31.2 Å². The molecule has 0 aliphatic carbocycles. The third-order valence-corrected chi connectivity index (χ3v) is 3.67. The zero-order valence-electron chi connectivity index (χ0n) is 11.9. The molecule has 1 aromatic rings. The standard InChI is InChI=1S/C15H22N2O3/c1-3-13(10-4-6-12(20-2)7-5-10)17-15(19)14-8-11(18)9-16-14/h4-7,11,13-14,16,18H,3,8-9H2,1-2H3,(H,17,19). The van der Waals surface area contributed by atoms with Crippen LogP contribution in [0.4, 0.5) is 0 Å². The molecule has 1 saturated heterocycles. The van der Waals surface area contributed by atoms with Gasteiger partial charge in [0, 0.05) is 6.54 Å². The first kappa shape index (κ1) is 14.8. The highest BCUT2D eigenvalue weighted by Crippen LogP contribution is 2.20. The predicted molar refractivity (Wildman–Crippen MR) is 76.6 cm³/mol. The summed E-state index contributed by atoms with van der Waals surface area (Å²) >= 11 is 0. The highest BCUT2D eigenvalue weighted by molar-refractivity contribution is 5.82. The van der Waals surface area contributed by atoms with Crippen LogP contribution >= 0.6 is 0 Å². The maximum absolute atomic E-state index is 12.1. The van der Waals surface area contributed by atoms with Gasteiger partial charge in [-0.25, -0.2) is 0 Å². The molecule has 3 atom stereocenters. The van der Waals surface area contributed by atoms with Crippen LogP contribution in [0.1, 0.15) is 31.4 Å². The van der Waals surface area contributed by atoms with Crippen LogP contribution < -0.4 is 15.4 Å². The molecule has 1 amide bonds. The second-order valence-corrected chi connectivity index (χ2v) is 5.09. The van der Waals surface area contributed by atoms with Crippen LogP contribution in [0.3, 0.4) is 0 Å². The van der Waals surface area contributed by atoms with Crippen molar-refractivity contribution in [2.75, 3.05) is 13.7 Å². The molecular formula is C15H22N2O3. The molecule has 0 saturated carbocycles. The molecule has 2 rings (SSSR count). The number of methoxy groups -OCH3 is 1. The molecule has 3 N–H and O–H groups in total. The molecule has 3 unspecified atom stereocenters. The smallest absolute Gasteiger partial charge is 0.237 e. The van der Waals surface area contributed by atoms with Gasteiger partial charge in [0.2, 0.25) is 5.91 Å². The lowest BCUT2D eigenvalue weighted by Gasteiger charge is -2.20. The molecule has 1 aliphatic heterocycles. The number of aliphatic hydroxyl groups is 1. The fraction of sp³-hybridized carbons (Fsp3) is 0.533. The van der Waals surface area contributed by atoms with E-state index in [0.717, 1.165) is 17.7 Å². The van der Waals surface area contributed by atoms with Gasteiger partial charge in [0.05, 0.1) is 25.3 Å². The Kier molecular flexibility index (Phi) is 4.98. The number of aliphatic hydroxyl groups excluding tert-OH is 1. The van der Waals surface area contributed by atoms with Gasteiger partial charge in [-0.15, -0.1) is 0 Å². The average Bonchev–Trinajstić information content (AvgIpc) is 2.91. The van der Waals surface area contributed by atoms with Crippen molar-refractivity contribution in [3.05, 3.63) is 29.8 Å². The Balaban J connectivity index is 1.99. The number of carbonyl (C=O) groups is 1. The summed E-state index contributed by atoms with van der Waals surface area (Å²) in [6, 6.07) is 7.39. The number of hydrogen-bond acceptors (Lipinski definition) is 4. The van der Waals surface area contributed by atoms with Gasteiger partial charge in [0.15, 0.2) is 0 Å². The molecule has 110 valence electrons. The molecule has 20 heavy (non-hydrogen) atoms. The van der Waals surface area contributed by atoms with E-state index in [1.165, 1.54) is 0 Å². The van der Waals surface area contributed by atoms with E-state index >= 15 is 0 Å². The molecule has 5 heteroatoms.